The van der Waals surface area contributed by atoms with Gasteiger partial charge in [0.25, 0.3) is 0 Å². The van der Waals surface area contributed by atoms with Crippen molar-refractivity contribution in [2.45, 2.75) is 24.8 Å². The maximum absolute atomic E-state index is 13.0. The van der Waals surface area contributed by atoms with Crippen LogP contribution in [0.4, 0.5) is 19.0 Å². The van der Waals surface area contributed by atoms with Crippen LogP contribution < -0.4 is 15.3 Å². The lowest BCUT2D eigenvalue weighted by molar-refractivity contribution is -0.137. The SMILES string of the molecule is CO[C@@H]1CN(c2nc(=O)n(C)c3ccc(C#N)nc23)CC[C@H]1Oc1cccc(C(F)(F)F)c1. The molecule has 3 aromatic rings. The van der Waals surface area contributed by atoms with Crippen molar-refractivity contribution in [2.75, 3.05) is 25.1 Å². The average molecular weight is 459 g/mol. The Kier molecular flexibility index (Phi) is 5.95. The molecule has 4 rings (SSSR count). The molecule has 0 aliphatic carbocycles. The first-order chi connectivity index (χ1) is 15.7. The number of nitriles is 1. The third-order valence-corrected chi connectivity index (χ3v) is 5.60. The van der Waals surface area contributed by atoms with Gasteiger partial charge in [-0.1, -0.05) is 6.07 Å². The second-order valence-electron chi connectivity index (χ2n) is 7.64. The Morgan fingerprint density at radius 2 is 1.97 bits per heavy atom. The summed E-state index contributed by atoms with van der Waals surface area (Å²) in [5.74, 6) is 0.424. The minimum Gasteiger partial charge on any atom is -0.488 e. The Bertz CT molecular complexity index is 1280. The van der Waals surface area contributed by atoms with E-state index >= 15 is 0 Å². The predicted octanol–water partition coefficient (Wildman–Crippen LogP) is 2.89. The van der Waals surface area contributed by atoms with Gasteiger partial charge in [0.1, 0.15) is 35.2 Å². The molecule has 0 amide bonds. The molecule has 0 spiro atoms. The summed E-state index contributed by atoms with van der Waals surface area (Å²) in [6.07, 6.45) is -5.07. The van der Waals surface area contributed by atoms with Gasteiger partial charge in [0, 0.05) is 33.7 Å². The van der Waals surface area contributed by atoms with Gasteiger partial charge < -0.3 is 14.4 Å². The minimum absolute atomic E-state index is 0.0998. The second kappa shape index (κ2) is 8.71. The van der Waals surface area contributed by atoms with Crippen LogP contribution in [0.5, 0.6) is 5.75 Å². The summed E-state index contributed by atoms with van der Waals surface area (Å²) < 4.78 is 51.8. The van der Waals surface area contributed by atoms with Gasteiger partial charge in [-0.25, -0.2) is 9.78 Å². The molecule has 1 aliphatic heterocycles. The number of rotatable bonds is 4. The van der Waals surface area contributed by atoms with Gasteiger partial charge >= 0.3 is 11.9 Å². The number of piperidine rings is 1. The lowest BCUT2D eigenvalue weighted by atomic mass is 10.0. The highest BCUT2D eigenvalue weighted by atomic mass is 19.4. The van der Waals surface area contributed by atoms with E-state index in [-0.39, 0.29) is 18.0 Å². The number of pyridine rings is 1. The maximum Gasteiger partial charge on any atom is 0.416 e. The van der Waals surface area contributed by atoms with E-state index in [4.69, 9.17) is 9.47 Å². The maximum atomic E-state index is 13.0. The molecule has 1 aromatic carbocycles. The number of anilines is 1. The summed E-state index contributed by atoms with van der Waals surface area (Å²) in [6.45, 7) is 0.672. The van der Waals surface area contributed by atoms with Gasteiger partial charge in [-0.2, -0.15) is 23.4 Å². The van der Waals surface area contributed by atoms with E-state index < -0.39 is 29.6 Å². The van der Waals surface area contributed by atoms with E-state index in [1.807, 2.05) is 11.0 Å². The van der Waals surface area contributed by atoms with Crippen LogP contribution in [0, 0.1) is 11.3 Å². The van der Waals surface area contributed by atoms with Gasteiger partial charge in [-0.3, -0.25) is 4.57 Å². The molecule has 172 valence electrons. The third-order valence-electron chi connectivity index (χ3n) is 5.60. The number of aromatic nitrogens is 3. The van der Waals surface area contributed by atoms with E-state index in [2.05, 4.69) is 9.97 Å². The monoisotopic (exact) mass is 459 g/mol. The lowest BCUT2D eigenvalue weighted by Crippen LogP contribution is -2.50. The van der Waals surface area contributed by atoms with Crippen molar-refractivity contribution in [1.82, 2.24) is 14.5 Å². The van der Waals surface area contributed by atoms with E-state index in [1.54, 1.807) is 13.1 Å². The van der Waals surface area contributed by atoms with Crippen molar-refractivity contribution in [3.05, 3.63) is 58.1 Å². The highest BCUT2D eigenvalue weighted by Gasteiger charge is 2.34. The largest absolute Gasteiger partial charge is 0.488 e. The molecule has 2 atom stereocenters. The van der Waals surface area contributed by atoms with Crippen LogP contribution in [0.15, 0.2) is 41.2 Å². The van der Waals surface area contributed by atoms with Crippen LogP contribution in [0.1, 0.15) is 17.7 Å². The fraction of sp³-hybridized carbons (Fsp3) is 0.364. The molecule has 11 heteroatoms. The molecule has 0 radical (unpaired) electrons. The summed E-state index contributed by atoms with van der Waals surface area (Å²) in [7, 11) is 3.06. The highest BCUT2D eigenvalue weighted by Crippen LogP contribution is 2.33. The number of alkyl halides is 3. The van der Waals surface area contributed by atoms with Crippen molar-refractivity contribution in [3.63, 3.8) is 0 Å². The van der Waals surface area contributed by atoms with Crippen molar-refractivity contribution in [1.29, 1.82) is 5.26 Å². The Labute approximate surface area is 186 Å². The molecule has 0 saturated carbocycles. The topological polar surface area (TPSA) is 93.3 Å². The molecular weight excluding hydrogens is 439 g/mol. The smallest absolute Gasteiger partial charge is 0.416 e. The molecule has 1 aliphatic rings. The number of halogens is 3. The van der Waals surface area contributed by atoms with E-state index in [0.717, 1.165) is 12.1 Å². The number of methoxy groups -OCH3 is 1. The van der Waals surface area contributed by atoms with E-state index in [0.29, 0.717) is 29.8 Å². The first-order valence-corrected chi connectivity index (χ1v) is 10.1. The lowest BCUT2D eigenvalue weighted by Gasteiger charge is -2.38. The van der Waals surface area contributed by atoms with Crippen LogP contribution in [-0.2, 0) is 18.0 Å². The summed E-state index contributed by atoms with van der Waals surface area (Å²) in [6, 6.07) is 9.86. The van der Waals surface area contributed by atoms with E-state index in [1.165, 1.54) is 29.9 Å². The molecule has 8 nitrogen and oxygen atoms in total. The number of fused-ring (bicyclic) bond motifs is 1. The van der Waals surface area contributed by atoms with Gasteiger partial charge in [0.2, 0.25) is 0 Å². The van der Waals surface area contributed by atoms with Crippen LogP contribution >= 0.6 is 0 Å². The first-order valence-electron chi connectivity index (χ1n) is 10.1. The molecule has 33 heavy (non-hydrogen) atoms. The number of benzene rings is 1. The molecule has 3 heterocycles. The number of aryl methyl sites for hydroxylation is 1. The van der Waals surface area contributed by atoms with E-state index in [9.17, 15) is 23.2 Å². The zero-order valence-corrected chi connectivity index (χ0v) is 17.8. The first kappa shape index (κ1) is 22.5. The Morgan fingerprint density at radius 3 is 2.67 bits per heavy atom. The zero-order chi connectivity index (χ0) is 23.8. The number of hydrogen-bond acceptors (Lipinski definition) is 7. The van der Waals surface area contributed by atoms with Crippen LogP contribution in [0.25, 0.3) is 11.0 Å². The fourth-order valence-corrected chi connectivity index (χ4v) is 3.86. The molecular formula is C22H20F3N5O3. The van der Waals surface area contributed by atoms with Crippen molar-refractivity contribution < 1.29 is 22.6 Å². The van der Waals surface area contributed by atoms with Crippen molar-refractivity contribution >= 4 is 16.9 Å². The van der Waals surface area contributed by atoms with Gasteiger partial charge in [-0.15, -0.1) is 0 Å². The molecule has 1 saturated heterocycles. The fourth-order valence-electron chi connectivity index (χ4n) is 3.86. The Hall–Kier alpha value is -3.65. The Balaban J connectivity index is 1.61. The van der Waals surface area contributed by atoms with Crippen LogP contribution in [0.3, 0.4) is 0 Å². The summed E-state index contributed by atoms with van der Waals surface area (Å²) in [4.78, 5) is 22.7. The molecule has 0 bridgehead atoms. The van der Waals surface area contributed by atoms with Gasteiger partial charge in [-0.05, 0) is 30.3 Å². The van der Waals surface area contributed by atoms with Gasteiger partial charge in [0.15, 0.2) is 5.82 Å². The molecule has 1 fully saturated rings. The summed E-state index contributed by atoms with van der Waals surface area (Å²) in [5.41, 5.74) is -0.138. The molecule has 0 N–H and O–H groups in total. The highest BCUT2D eigenvalue weighted by molar-refractivity contribution is 5.86. The number of hydrogen-bond donors (Lipinski definition) is 0. The average Bonchev–Trinajstić information content (AvgIpc) is 2.81. The summed E-state index contributed by atoms with van der Waals surface area (Å²) in [5, 5.41) is 9.22. The quantitative estimate of drug-likeness (QED) is 0.592. The van der Waals surface area contributed by atoms with Crippen molar-refractivity contribution in [3.8, 4) is 11.8 Å². The van der Waals surface area contributed by atoms with Gasteiger partial charge in [0.05, 0.1) is 11.1 Å². The predicted molar refractivity (Wildman–Crippen MR) is 113 cm³/mol. The molecule has 2 aromatic heterocycles. The van der Waals surface area contributed by atoms with Crippen LogP contribution in [0.2, 0.25) is 0 Å². The standard InChI is InChI=1S/C22H20F3N5O3/c1-29-16-7-6-14(11-26)27-19(16)20(28-21(29)31)30-9-8-17(18(12-30)32-2)33-15-5-3-4-13(10-15)22(23,24)25/h3-7,10,17-18H,8-9,12H2,1-2H3/t17-,18-/m1/s1. The van der Waals surface area contributed by atoms with Crippen molar-refractivity contribution in [2.24, 2.45) is 7.05 Å². The zero-order valence-electron chi connectivity index (χ0n) is 17.8. The Morgan fingerprint density at radius 1 is 1.18 bits per heavy atom. The normalized spacial score (nSPS) is 18.8. The second-order valence-corrected chi connectivity index (χ2v) is 7.64. The summed E-state index contributed by atoms with van der Waals surface area (Å²) >= 11 is 0. The minimum atomic E-state index is -4.47. The number of nitrogens with zero attached hydrogens (tertiary/aromatic N) is 5. The number of ether oxygens (including phenoxy) is 2. The third kappa shape index (κ3) is 4.47. The molecule has 0 unspecified atom stereocenters. The van der Waals surface area contributed by atoms with Crippen LogP contribution in [-0.4, -0.2) is 46.9 Å².